The number of rotatable bonds is 3. The minimum atomic E-state index is -2.70. The topological polar surface area (TPSA) is 55.5 Å². The van der Waals surface area contributed by atoms with E-state index in [1.807, 2.05) is 0 Å². The van der Waals surface area contributed by atoms with Crippen LogP contribution in [0.1, 0.15) is 11.6 Å². The maximum atomic E-state index is 12.3. The zero-order valence-electron chi connectivity index (χ0n) is 7.88. The number of alkyl halides is 2. The molecule has 3 N–H and O–H groups in total. The highest BCUT2D eigenvalue weighted by Crippen LogP contribution is 2.37. The molecular weight excluding hydrogens is 228 g/mol. The molecule has 3 nitrogen and oxygen atoms in total. The Morgan fingerprint density at radius 1 is 1.47 bits per heavy atom. The molecular formula is C9H10ClF2NO2. The summed E-state index contributed by atoms with van der Waals surface area (Å²) < 4.78 is 29.4. The van der Waals surface area contributed by atoms with E-state index >= 15 is 0 Å². The van der Waals surface area contributed by atoms with Crippen LogP contribution in [0.3, 0.4) is 0 Å². The van der Waals surface area contributed by atoms with Crippen LogP contribution in [-0.2, 0) is 0 Å². The second-order valence-corrected chi connectivity index (χ2v) is 3.32. The summed E-state index contributed by atoms with van der Waals surface area (Å²) in [5.41, 5.74) is 5.35. The van der Waals surface area contributed by atoms with Crippen LogP contribution >= 0.6 is 11.6 Å². The molecule has 0 spiro atoms. The Balaban J connectivity index is 3.16. The van der Waals surface area contributed by atoms with Gasteiger partial charge in [-0.3, -0.25) is 0 Å². The average molecular weight is 238 g/mol. The maximum absolute atomic E-state index is 12.3. The first-order valence-corrected chi connectivity index (χ1v) is 4.45. The fraction of sp³-hybridized carbons (Fsp3) is 0.333. The molecule has 0 heterocycles. The van der Waals surface area contributed by atoms with Crippen molar-refractivity contribution in [2.45, 2.75) is 12.5 Å². The van der Waals surface area contributed by atoms with Gasteiger partial charge in [0.2, 0.25) is 0 Å². The van der Waals surface area contributed by atoms with Crippen molar-refractivity contribution in [3.8, 4) is 11.5 Å². The van der Waals surface area contributed by atoms with Crippen molar-refractivity contribution in [1.29, 1.82) is 0 Å². The summed E-state index contributed by atoms with van der Waals surface area (Å²) in [6, 6.07) is 0.978. The van der Waals surface area contributed by atoms with Crippen molar-refractivity contribution < 1.29 is 18.6 Å². The van der Waals surface area contributed by atoms with Gasteiger partial charge in [-0.2, -0.15) is 0 Å². The number of phenolic OH excluding ortho intramolecular Hbond substituents is 1. The van der Waals surface area contributed by atoms with Crippen molar-refractivity contribution in [2.75, 3.05) is 7.11 Å². The second kappa shape index (κ2) is 4.63. The summed E-state index contributed by atoms with van der Waals surface area (Å²) in [6.07, 6.45) is -2.70. The molecule has 0 unspecified atom stereocenters. The average Bonchev–Trinajstić information content (AvgIpc) is 2.20. The summed E-state index contributed by atoms with van der Waals surface area (Å²) in [5, 5.41) is 9.29. The molecule has 0 aliphatic rings. The molecule has 0 aromatic heterocycles. The quantitative estimate of drug-likeness (QED) is 0.848. The summed E-state index contributed by atoms with van der Waals surface area (Å²) >= 11 is 5.62. The van der Waals surface area contributed by atoms with Crippen LogP contribution in [0.5, 0.6) is 11.5 Å². The van der Waals surface area contributed by atoms with Crippen molar-refractivity contribution in [3.63, 3.8) is 0 Å². The molecule has 0 saturated carbocycles. The van der Waals surface area contributed by atoms with Crippen LogP contribution in [0.15, 0.2) is 12.1 Å². The van der Waals surface area contributed by atoms with E-state index in [0.717, 1.165) is 0 Å². The number of aromatic hydroxyl groups is 1. The number of methoxy groups -OCH3 is 1. The van der Waals surface area contributed by atoms with Crippen molar-refractivity contribution in [2.24, 2.45) is 5.73 Å². The van der Waals surface area contributed by atoms with E-state index in [4.69, 9.17) is 22.1 Å². The zero-order valence-corrected chi connectivity index (χ0v) is 8.63. The van der Waals surface area contributed by atoms with Crippen molar-refractivity contribution in [1.82, 2.24) is 0 Å². The van der Waals surface area contributed by atoms with Crippen LogP contribution in [-0.4, -0.2) is 18.6 Å². The van der Waals surface area contributed by atoms with Gasteiger partial charge in [-0.25, -0.2) is 8.78 Å². The fourth-order valence-electron chi connectivity index (χ4n) is 1.09. The molecule has 1 aromatic carbocycles. The predicted molar refractivity (Wildman–Crippen MR) is 52.6 cm³/mol. The highest BCUT2D eigenvalue weighted by Gasteiger charge is 2.20. The number of hydrogen-bond donors (Lipinski definition) is 2. The van der Waals surface area contributed by atoms with Gasteiger partial charge in [0.05, 0.1) is 18.2 Å². The maximum Gasteiger partial charge on any atom is 0.257 e. The lowest BCUT2D eigenvalue weighted by molar-refractivity contribution is 0.116. The third-order valence-electron chi connectivity index (χ3n) is 1.93. The van der Waals surface area contributed by atoms with Crippen LogP contribution in [0.4, 0.5) is 8.78 Å². The number of benzene rings is 1. The number of hydrogen-bond acceptors (Lipinski definition) is 3. The van der Waals surface area contributed by atoms with Gasteiger partial charge in [-0.15, -0.1) is 0 Å². The summed E-state index contributed by atoms with van der Waals surface area (Å²) in [7, 11) is 1.29. The molecule has 6 heteroatoms. The number of halogens is 3. The zero-order chi connectivity index (χ0) is 11.6. The smallest absolute Gasteiger partial charge is 0.257 e. The SMILES string of the molecule is COc1cc([C@H](N)C(F)F)cc(Cl)c1O. The molecule has 84 valence electrons. The Kier molecular flexibility index (Phi) is 3.71. The van der Waals surface area contributed by atoms with E-state index in [2.05, 4.69) is 0 Å². The normalized spacial score (nSPS) is 12.9. The third kappa shape index (κ3) is 2.49. The molecule has 0 fully saturated rings. The molecule has 0 amide bonds. The van der Waals surface area contributed by atoms with E-state index in [1.165, 1.54) is 19.2 Å². The van der Waals surface area contributed by atoms with Gasteiger partial charge < -0.3 is 15.6 Å². The monoisotopic (exact) mass is 237 g/mol. The Bertz CT molecular complexity index is 360. The Morgan fingerprint density at radius 3 is 2.53 bits per heavy atom. The van der Waals surface area contributed by atoms with Gasteiger partial charge in [0.15, 0.2) is 11.5 Å². The molecule has 1 aromatic rings. The van der Waals surface area contributed by atoms with Gasteiger partial charge in [0.25, 0.3) is 6.43 Å². The molecule has 1 atom stereocenters. The highest BCUT2D eigenvalue weighted by atomic mass is 35.5. The lowest BCUT2D eigenvalue weighted by Crippen LogP contribution is -2.18. The molecule has 0 radical (unpaired) electrons. The van der Waals surface area contributed by atoms with E-state index in [-0.39, 0.29) is 22.1 Å². The first-order chi connectivity index (χ1) is 6.97. The van der Waals surface area contributed by atoms with Gasteiger partial charge in [0, 0.05) is 0 Å². The van der Waals surface area contributed by atoms with Crippen molar-refractivity contribution in [3.05, 3.63) is 22.7 Å². The van der Waals surface area contributed by atoms with E-state index in [0.29, 0.717) is 0 Å². The lowest BCUT2D eigenvalue weighted by Gasteiger charge is -2.13. The molecule has 15 heavy (non-hydrogen) atoms. The minimum absolute atomic E-state index is 0.0219. The van der Waals surface area contributed by atoms with Gasteiger partial charge in [-0.05, 0) is 17.7 Å². The van der Waals surface area contributed by atoms with Crippen LogP contribution in [0.25, 0.3) is 0 Å². The first kappa shape index (κ1) is 12.0. The summed E-state index contributed by atoms with van der Waals surface area (Å²) in [5.74, 6) is -0.266. The largest absolute Gasteiger partial charge is 0.503 e. The molecule has 0 saturated heterocycles. The second-order valence-electron chi connectivity index (χ2n) is 2.91. The molecule has 0 bridgehead atoms. The van der Waals surface area contributed by atoms with Crippen LogP contribution < -0.4 is 10.5 Å². The van der Waals surface area contributed by atoms with Gasteiger partial charge in [0.1, 0.15) is 0 Å². The van der Waals surface area contributed by atoms with Crippen LogP contribution in [0.2, 0.25) is 5.02 Å². The highest BCUT2D eigenvalue weighted by molar-refractivity contribution is 6.32. The standard InChI is InChI=1S/C9H10ClF2NO2/c1-15-6-3-4(7(13)9(11)12)2-5(10)8(6)14/h2-3,7,9,14H,13H2,1H3/t7-/m0/s1. The molecule has 1 rings (SSSR count). The van der Waals surface area contributed by atoms with Crippen LogP contribution in [0, 0.1) is 0 Å². The molecule has 0 aliphatic carbocycles. The minimum Gasteiger partial charge on any atom is -0.503 e. The summed E-state index contributed by atoms with van der Waals surface area (Å²) in [6.45, 7) is 0. The Labute approximate surface area is 90.4 Å². The van der Waals surface area contributed by atoms with Gasteiger partial charge in [-0.1, -0.05) is 11.6 Å². The predicted octanol–water partition coefficient (Wildman–Crippen LogP) is 2.32. The Hall–Kier alpha value is -1.07. The lowest BCUT2D eigenvalue weighted by atomic mass is 10.1. The third-order valence-corrected chi connectivity index (χ3v) is 2.22. The number of phenols is 1. The van der Waals surface area contributed by atoms with Gasteiger partial charge >= 0.3 is 0 Å². The van der Waals surface area contributed by atoms with E-state index in [9.17, 15) is 13.9 Å². The first-order valence-electron chi connectivity index (χ1n) is 4.07. The van der Waals surface area contributed by atoms with Crippen molar-refractivity contribution >= 4 is 11.6 Å². The summed E-state index contributed by atoms with van der Waals surface area (Å²) in [4.78, 5) is 0. The molecule has 0 aliphatic heterocycles. The van der Waals surface area contributed by atoms with E-state index in [1.54, 1.807) is 0 Å². The van der Waals surface area contributed by atoms with E-state index < -0.39 is 12.5 Å². The number of ether oxygens (including phenoxy) is 1. The Morgan fingerprint density at radius 2 is 2.07 bits per heavy atom. The number of nitrogens with two attached hydrogens (primary N) is 1. The fourth-order valence-corrected chi connectivity index (χ4v) is 1.31.